The van der Waals surface area contributed by atoms with Gasteiger partial charge in [-0.05, 0) is 66.2 Å². The average Bonchev–Trinajstić information content (AvgIpc) is 3.22. The van der Waals surface area contributed by atoms with Crippen LogP contribution in [-0.4, -0.2) is 30.1 Å². The Bertz CT molecular complexity index is 1420. The standard InChI is InChI=1S/C30H29FN2O/c1-32(2)17-16-26-20-33(19-23-12-13-24-10-6-7-11-25(24)18-23)30-27(31)14-15-28(29(26)30)34-21-22-8-4-3-5-9-22/h3-15,18,20H,16-17,19,21H2,1-2H3. The van der Waals surface area contributed by atoms with Gasteiger partial charge in [-0.3, -0.25) is 0 Å². The van der Waals surface area contributed by atoms with Gasteiger partial charge in [-0.1, -0.05) is 66.7 Å². The smallest absolute Gasteiger partial charge is 0.147 e. The number of aromatic nitrogens is 1. The Morgan fingerprint density at radius 1 is 0.824 bits per heavy atom. The van der Waals surface area contributed by atoms with Crippen molar-refractivity contribution in [1.29, 1.82) is 0 Å². The van der Waals surface area contributed by atoms with Crippen LogP contribution in [-0.2, 0) is 19.6 Å². The molecule has 4 heteroatoms. The van der Waals surface area contributed by atoms with Gasteiger partial charge >= 0.3 is 0 Å². The fourth-order valence-electron chi connectivity index (χ4n) is 4.50. The van der Waals surface area contributed by atoms with Gasteiger partial charge in [0.25, 0.3) is 0 Å². The van der Waals surface area contributed by atoms with Crippen LogP contribution in [0.1, 0.15) is 16.7 Å². The molecule has 172 valence electrons. The van der Waals surface area contributed by atoms with Gasteiger partial charge in [0.2, 0.25) is 0 Å². The van der Waals surface area contributed by atoms with Gasteiger partial charge in [0.05, 0.1) is 5.52 Å². The Labute approximate surface area is 200 Å². The highest BCUT2D eigenvalue weighted by Gasteiger charge is 2.18. The SMILES string of the molecule is CN(C)CCc1cn(Cc2ccc3ccccc3c2)c2c(F)ccc(OCc3ccccc3)c12. The van der Waals surface area contributed by atoms with Gasteiger partial charge in [-0.2, -0.15) is 0 Å². The number of hydrogen-bond donors (Lipinski definition) is 0. The lowest BCUT2D eigenvalue weighted by atomic mass is 10.1. The van der Waals surface area contributed by atoms with Gasteiger partial charge in [0.1, 0.15) is 18.2 Å². The first-order chi connectivity index (χ1) is 16.6. The summed E-state index contributed by atoms with van der Waals surface area (Å²) in [6, 6.07) is 28.1. The van der Waals surface area contributed by atoms with Crippen LogP contribution in [0.25, 0.3) is 21.7 Å². The molecule has 4 aromatic carbocycles. The van der Waals surface area contributed by atoms with Crippen molar-refractivity contribution in [3.63, 3.8) is 0 Å². The number of benzene rings is 4. The van der Waals surface area contributed by atoms with Crippen molar-refractivity contribution < 1.29 is 9.13 Å². The summed E-state index contributed by atoms with van der Waals surface area (Å²) in [5, 5.41) is 3.27. The molecule has 0 N–H and O–H groups in total. The summed E-state index contributed by atoms with van der Waals surface area (Å²) < 4.78 is 23.5. The van der Waals surface area contributed by atoms with Crippen molar-refractivity contribution in [1.82, 2.24) is 9.47 Å². The Morgan fingerprint density at radius 3 is 2.38 bits per heavy atom. The second-order valence-corrected chi connectivity index (χ2v) is 9.06. The predicted octanol–water partition coefficient (Wildman–Crippen LogP) is 6.67. The molecule has 0 unspecified atom stereocenters. The third kappa shape index (κ3) is 4.68. The van der Waals surface area contributed by atoms with Crippen LogP contribution in [0, 0.1) is 5.82 Å². The number of halogens is 1. The zero-order chi connectivity index (χ0) is 23.5. The van der Waals surface area contributed by atoms with Crippen molar-refractivity contribution in [2.75, 3.05) is 20.6 Å². The molecule has 1 aromatic heterocycles. The molecular weight excluding hydrogens is 423 g/mol. The summed E-state index contributed by atoms with van der Waals surface area (Å²) in [4.78, 5) is 2.15. The van der Waals surface area contributed by atoms with Crippen molar-refractivity contribution >= 4 is 21.7 Å². The predicted molar refractivity (Wildman–Crippen MR) is 138 cm³/mol. The molecule has 0 fully saturated rings. The fraction of sp³-hybridized carbons (Fsp3) is 0.200. The summed E-state index contributed by atoms with van der Waals surface area (Å²) >= 11 is 0. The number of likely N-dealkylation sites (N-methyl/N-ethyl adjacent to an activating group) is 1. The molecule has 0 spiro atoms. The molecule has 0 saturated carbocycles. The second-order valence-electron chi connectivity index (χ2n) is 9.06. The molecule has 0 aliphatic heterocycles. The molecule has 0 aliphatic carbocycles. The lowest BCUT2D eigenvalue weighted by Gasteiger charge is -2.12. The molecule has 34 heavy (non-hydrogen) atoms. The minimum atomic E-state index is -0.223. The third-order valence-electron chi connectivity index (χ3n) is 6.24. The van der Waals surface area contributed by atoms with Gasteiger partial charge in [0.15, 0.2) is 0 Å². The molecule has 0 atom stereocenters. The molecule has 1 heterocycles. The van der Waals surface area contributed by atoms with Crippen molar-refractivity contribution in [3.8, 4) is 5.75 Å². The Hall–Kier alpha value is -3.63. The average molecular weight is 453 g/mol. The van der Waals surface area contributed by atoms with Crippen LogP contribution in [0.4, 0.5) is 4.39 Å². The first-order valence-corrected chi connectivity index (χ1v) is 11.7. The van der Waals surface area contributed by atoms with Gasteiger partial charge in [0, 0.05) is 24.7 Å². The topological polar surface area (TPSA) is 17.4 Å². The number of rotatable bonds is 8. The lowest BCUT2D eigenvalue weighted by Crippen LogP contribution is -2.15. The van der Waals surface area contributed by atoms with Crippen molar-refractivity contribution in [3.05, 3.63) is 114 Å². The van der Waals surface area contributed by atoms with E-state index in [9.17, 15) is 0 Å². The zero-order valence-corrected chi connectivity index (χ0v) is 19.7. The van der Waals surface area contributed by atoms with Gasteiger partial charge in [-0.25, -0.2) is 4.39 Å². The van der Waals surface area contributed by atoms with Gasteiger partial charge in [-0.15, -0.1) is 0 Å². The van der Waals surface area contributed by atoms with Crippen LogP contribution in [0.15, 0.2) is 91.1 Å². The summed E-state index contributed by atoms with van der Waals surface area (Å²) in [5.41, 5.74) is 3.94. The van der Waals surface area contributed by atoms with E-state index in [0.717, 1.165) is 40.8 Å². The molecule has 3 nitrogen and oxygen atoms in total. The molecule has 5 rings (SSSR count). The lowest BCUT2D eigenvalue weighted by molar-refractivity contribution is 0.309. The van der Waals surface area contributed by atoms with Crippen LogP contribution in [0.5, 0.6) is 5.75 Å². The van der Waals surface area contributed by atoms with E-state index in [4.69, 9.17) is 4.74 Å². The summed E-state index contributed by atoms with van der Waals surface area (Å²) in [5.74, 6) is 0.505. The number of hydrogen-bond acceptors (Lipinski definition) is 2. The Morgan fingerprint density at radius 2 is 1.59 bits per heavy atom. The Kier molecular flexibility index (Phi) is 6.33. The zero-order valence-electron chi connectivity index (χ0n) is 19.7. The highest BCUT2D eigenvalue weighted by molar-refractivity contribution is 5.91. The van der Waals surface area contributed by atoms with E-state index >= 15 is 4.39 Å². The van der Waals surface area contributed by atoms with E-state index in [1.807, 2.05) is 47.0 Å². The molecule has 0 radical (unpaired) electrons. The maximum atomic E-state index is 15.3. The highest BCUT2D eigenvalue weighted by atomic mass is 19.1. The second kappa shape index (κ2) is 9.70. The Balaban J connectivity index is 1.55. The monoisotopic (exact) mass is 452 g/mol. The number of fused-ring (bicyclic) bond motifs is 2. The summed E-state index contributed by atoms with van der Waals surface area (Å²) in [6.07, 6.45) is 2.92. The highest BCUT2D eigenvalue weighted by Crippen LogP contribution is 2.34. The molecule has 0 saturated heterocycles. The normalized spacial score (nSPS) is 11.5. The van der Waals surface area contributed by atoms with Crippen molar-refractivity contribution in [2.45, 2.75) is 19.6 Å². The third-order valence-corrected chi connectivity index (χ3v) is 6.24. The molecule has 0 amide bonds. The first-order valence-electron chi connectivity index (χ1n) is 11.7. The quantitative estimate of drug-likeness (QED) is 0.262. The van der Waals surface area contributed by atoms with E-state index in [0.29, 0.717) is 18.7 Å². The van der Waals surface area contributed by atoms with Crippen LogP contribution < -0.4 is 4.74 Å². The fourth-order valence-corrected chi connectivity index (χ4v) is 4.50. The maximum absolute atomic E-state index is 15.3. The number of ether oxygens (including phenoxy) is 1. The van der Waals surface area contributed by atoms with E-state index < -0.39 is 0 Å². The number of nitrogens with zero attached hydrogens (tertiary/aromatic N) is 2. The van der Waals surface area contributed by atoms with Crippen LogP contribution >= 0.6 is 0 Å². The molecule has 0 aliphatic rings. The minimum Gasteiger partial charge on any atom is -0.488 e. The molecular formula is C30H29FN2O. The molecule has 0 bridgehead atoms. The maximum Gasteiger partial charge on any atom is 0.147 e. The molecule has 5 aromatic rings. The van der Waals surface area contributed by atoms with E-state index in [-0.39, 0.29) is 5.82 Å². The van der Waals surface area contributed by atoms with Crippen molar-refractivity contribution in [2.24, 2.45) is 0 Å². The van der Waals surface area contributed by atoms with Crippen LogP contribution in [0.2, 0.25) is 0 Å². The van der Waals surface area contributed by atoms with Crippen LogP contribution in [0.3, 0.4) is 0 Å². The summed E-state index contributed by atoms with van der Waals surface area (Å²) in [7, 11) is 4.11. The largest absolute Gasteiger partial charge is 0.488 e. The van der Waals surface area contributed by atoms with E-state index in [2.05, 4.69) is 55.5 Å². The van der Waals surface area contributed by atoms with Gasteiger partial charge < -0.3 is 14.2 Å². The van der Waals surface area contributed by atoms with E-state index in [1.54, 1.807) is 6.07 Å². The summed E-state index contributed by atoms with van der Waals surface area (Å²) in [6.45, 7) is 1.93. The minimum absolute atomic E-state index is 0.223. The first kappa shape index (κ1) is 22.2. The van der Waals surface area contributed by atoms with E-state index in [1.165, 1.54) is 16.8 Å².